The molecule has 0 radical (unpaired) electrons. The van der Waals surface area contributed by atoms with E-state index in [1.807, 2.05) is 62.3 Å². The van der Waals surface area contributed by atoms with Crippen LogP contribution in [0.15, 0.2) is 59.2 Å². The summed E-state index contributed by atoms with van der Waals surface area (Å²) in [6.45, 7) is 5.48. The molecule has 2 amide bonds. The predicted molar refractivity (Wildman–Crippen MR) is 119 cm³/mol. The van der Waals surface area contributed by atoms with Gasteiger partial charge in [0, 0.05) is 35.6 Å². The molecule has 0 aliphatic carbocycles. The van der Waals surface area contributed by atoms with Gasteiger partial charge in [-0.15, -0.1) is 0 Å². The average Bonchev–Trinajstić information content (AvgIpc) is 2.66. The minimum absolute atomic E-state index is 0.0163. The number of nitrogens with one attached hydrogen (secondary N) is 3. The van der Waals surface area contributed by atoms with Crippen LogP contribution in [0, 0.1) is 6.92 Å². The molecule has 0 spiro atoms. The van der Waals surface area contributed by atoms with Crippen molar-refractivity contribution in [3.05, 3.63) is 64.8 Å². The van der Waals surface area contributed by atoms with Crippen LogP contribution in [0.4, 0.5) is 11.4 Å². The number of anilines is 2. The molecule has 0 atom stereocenters. The lowest BCUT2D eigenvalue weighted by Crippen LogP contribution is -2.40. The van der Waals surface area contributed by atoms with Crippen molar-refractivity contribution in [3.63, 3.8) is 0 Å². The Morgan fingerprint density at radius 2 is 1.76 bits per heavy atom. The standard InChI is InChI=1S/C21H25BrN4O3/c1-14-11-16(22)5-10-19(14)29-13-21(28)25-24-15(2)12-20(27)23-17-6-8-18(9-7-17)26(3)4/h5-11,24H,2,12-13H2,1,3-4H3,(H,23,27)(H,25,28). The normalized spacial score (nSPS) is 10.1. The molecule has 8 heteroatoms. The van der Waals surface area contributed by atoms with Gasteiger partial charge in [-0.25, -0.2) is 0 Å². The third kappa shape index (κ3) is 7.50. The van der Waals surface area contributed by atoms with Crippen molar-refractivity contribution >= 4 is 39.1 Å². The van der Waals surface area contributed by atoms with E-state index in [4.69, 9.17) is 4.74 Å². The first-order valence-electron chi connectivity index (χ1n) is 8.93. The molecule has 0 saturated heterocycles. The summed E-state index contributed by atoms with van der Waals surface area (Å²) >= 11 is 3.38. The van der Waals surface area contributed by atoms with Crippen molar-refractivity contribution in [2.45, 2.75) is 13.3 Å². The zero-order valence-corrected chi connectivity index (χ0v) is 18.3. The molecule has 0 aliphatic rings. The Labute approximate surface area is 179 Å². The number of hydrogen-bond acceptors (Lipinski definition) is 5. The van der Waals surface area contributed by atoms with Crippen molar-refractivity contribution in [2.75, 3.05) is 30.9 Å². The molecule has 0 aliphatic heterocycles. The third-order valence-electron chi connectivity index (χ3n) is 3.92. The molecule has 0 bridgehead atoms. The third-order valence-corrected chi connectivity index (χ3v) is 4.41. The molecular weight excluding hydrogens is 436 g/mol. The van der Waals surface area contributed by atoms with Gasteiger partial charge in [0.05, 0.1) is 6.42 Å². The molecular formula is C21H25BrN4O3. The topological polar surface area (TPSA) is 82.7 Å². The summed E-state index contributed by atoms with van der Waals surface area (Å²) in [4.78, 5) is 26.0. The number of halogens is 1. The largest absolute Gasteiger partial charge is 0.483 e. The van der Waals surface area contributed by atoms with Gasteiger partial charge in [-0.1, -0.05) is 22.5 Å². The molecule has 154 valence electrons. The maximum atomic E-state index is 12.1. The zero-order valence-electron chi connectivity index (χ0n) is 16.7. The van der Waals surface area contributed by atoms with Crippen molar-refractivity contribution in [3.8, 4) is 5.75 Å². The number of carbonyl (C=O) groups is 2. The molecule has 7 nitrogen and oxygen atoms in total. The first kappa shape index (κ1) is 22.3. The molecule has 0 saturated carbocycles. The maximum Gasteiger partial charge on any atom is 0.276 e. The molecule has 2 aromatic rings. The number of hydrazine groups is 1. The van der Waals surface area contributed by atoms with E-state index in [-0.39, 0.29) is 24.8 Å². The van der Waals surface area contributed by atoms with Crippen LogP contribution < -0.4 is 25.8 Å². The van der Waals surface area contributed by atoms with E-state index in [2.05, 4.69) is 38.7 Å². The molecule has 2 rings (SSSR count). The van der Waals surface area contributed by atoms with Crippen molar-refractivity contribution in [1.29, 1.82) is 0 Å². The number of amides is 2. The van der Waals surface area contributed by atoms with E-state index in [1.165, 1.54) is 0 Å². The van der Waals surface area contributed by atoms with Gasteiger partial charge >= 0.3 is 0 Å². The summed E-state index contributed by atoms with van der Waals surface area (Å²) in [6, 6.07) is 13.0. The lowest BCUT2D eigenvalue weighted by molar-refractivity contribution is -0.124. The Kier molecular flexibility index (Phi) is 8.09. The first-order valence-corrected chi connectivity index (χ1v) is 9.72. The smallest absolute Gasteiger partial charge is 0.276 e. The highest BCUT2D eigenvalue weighted by Gasteiger charge is 2.08. The second kappa shape index (κ2) is 10.5. The summed E-state index contributed by atoms with van der Waals surface area (Å²) in [5.41, 5.74) is 8.11. The van der Waals surface area contributed by atoms with E-state index in [1.54, 1.807) is 6.07 Å². The molecule has 2 aromatic carbocycles. The van der Waals surface area contributed by atoms with E-state index in [9.17, 15) is 9.59 Å². The van der Waals surface area contributed by atoms with Gasteiger partial charge < -0.3 is 20.4 Å². The Morgan fingerprint density at radius 3 is 2.38 bits per heavy atom. The lowest BCUT2D eigenvalue weighted by Gasteiger charge is -2.14. The molecule has 0 heterocycles. The number of ether oxygens (including phenoxy) is 1. The fourth-order valence-corrected chi connectivity index (χ4v) is 2.87. The predicted octanol–water partition coefficient (Wildman–Crippen LogP) is 3.37. The summed E-state index contributed by atoms with van der Waals surface area (Å²) in [7, 11) is 3.89. The molecule has 29 heavy (non-hydrogen) atoms. The summed E-state index contributed by atoms with van der Waals surface area (Å²) < 4.78 is 6.43. The van der Waals surface area contributed by atoms with Crippen LogP contribution >= 0.6 is 15.9 Å². The highest BCUT2D eigenvalue weighted by Crippen LogP contribution is 2.22. The van der Waals surface area contributed by atoms with E-state index < -0.39 is 0 Å². The van der Waals surface area contributed by atoms with Crippen LogP contribution in [0.3, 0.4) is 0 Å². The highest BCUT2D eigenvalue weighted by molar-refractivity contribution is 9.10. The minimum Gasteiger partial charge on any atom is -0.483 e. The minimum atomic E-state index is -0.381. The highest BCUT2D eigenvalue weighted by atomic mass is 79.9. The number of aryl methyl sites for hydroxylation is 1. The van der Waals surface area contributed by atoms with Gasteiger partial charge in [0.15, 0.2) is 6.61 Å². The van der Waals surface area contributed by atoms with Gasteiger partial charge in [-0.3, -0.25) is 15.0 Å². The van der Waals surface area contributed by atoms with E-state index in [0.717, 1.165) is 15.7 Å². The summed E-state index contributed by atoms with van der Waals surface area (Å²) in [5, 5.41) is 2.78. The number of hydrogen-bond donors (Lipinski definition) is 3. The molecule has 0 unspecified atom stereocenters. The van der Waals surface area contributed by atoms with Gasteiger partial charge in [0.1, 0.15) is 5.75 Å². The van der Waals surface area contributed by atoms with Crippen LogP contribution in [0.25, 0.3) is 0 Å². The Balaban J connectivity index is 1.71. The van der Waals surface area contributed by atoms with Gasteiger partial charge in [-0.2, -0.15) is 0 Å². The Bertz CT molecular complexity index is 882. The van der Waals surface area contributed by atoms with Gasteiger partial charge in [0.25, 0.3) is 5.91 Å². The van der Waals surface area contributed by atoms with Crippen LogP contribution in [-0.2, 0) is 9.59 Å². The number of rotatable bonds is 9. The number of carbonyl (C=O) groups excluding carboxylic acids is 2. The van der Waals surface area contributed by atoms with Crippen molar-refractivity contribution in [1.82, 2.24) is 10.9 Å². The monoisotopic (exact) mass is 460 g/mol. The van der Waals surface area contributed by atoms with E-state index in [0.29, 0.717) is 17.1 Å². The summed E-state index contributed by atoms with van der Waals surface area (Å²) in [6.07, 6.45) is 0.0163. The van der Waals surface area contributed by atoms with Crippen molar-refractivity contribution < 1.29 is 14.3 Å². The molecule has 0 fully saturated rings. The quantitative estimate of drug-likeness (QED) is 0.499. The first-order chi connectivity index (χ1) is 13.7. The van der Waals surface area contributed by atoms with E-state index >= 15 is 0 Å². The number of benzene rings is 2. The van der Waals surface area contributed by atoms with Crippen molar-refractivity contribution in [2.24, 2.45) is 0 Å². The Morgan fingerprint density at radius 1 is 1.07 bits per heavy atom. The average molecular weight is 461 g/mol. The SMILES string of the molecule is C=C(CC(=O)Nc1ccc(N(C)C)cc1)NNC(=O)COc1ccc(Br)cc1C. The fourth-order valence-electron chi connectivity index (χ4n) is 2.40. The van der Waals surface area contributed by atoms with Gasteiger partial charge in [0.2, 0.25) is 5.91 Å². The molecule has 0 aromatic heterocycles. The lowest BCUT2D eigenvalue weighted by atomic mass is 10.2. The fraction of sp³-hybridized carbons (Fsp3) is 0.238. The number of nitrogens with zero attached hydrogens (tertiary/aromatic N) is 1. The Hall–Kier alpha value is -3.00. The zero-order chi connectivity index (χ0) is 21.4. The second-order valence-corrected chi connectivity index (χ2v) is 7.56. The van der Waals surface area contributed by atoms with Crippen LogP contribution in [0.1, 0.15) is 12.0 Å². The maximum absolute atomic E-state index is 12.1. The van der Waals surface area contributed by atoms with Crippen LogP contribution in [0.5, 0.6) is 5.75 Å². The van der Waals surface area contributed by atoms with Crippen LogP contribution in [0.2, 0.25) is 0 Å². The second-order valence-electron chi connectivity index (χ2n) is 6.64. The molecule has 3 N–H and O–H groups in total. The van der Waals surface area contributed by atoms with Gasteiger partial charge in [-0.05, 0) is 55.0 Å². The van der Waals surface area contributed by atoms with Crippen LogP contribution in [-0.4, -0.2) is 32.5 Å². The summed E-state index contributed by atoms with van der Waals surface area (Å²) in [5.74, 6) is 0.00563.